The number of benzene rings is 1. The van der Waals surface area contributed by atoms with Crippen molar-refractivity contribution in [1.29, 1.82) is 0 Å². The summed E-state index contributed by atoms with van der Waals surface area (Å²) in [6.07, 6.45) is 3.73. The van der Waals surface area contributed by atoms with E-state index in [1.165, 1.54) is 0 Å². The zero-order valence-corrected chi connectivity index (χ0v) is 13.7. The van der Waals surface area contributed by atoms with Crippen LogP contribution < -0.4 is 9.47 Å². The monoisotopic (exact) mass is 328 g/mol. The Morgan fingerprint density at radius 3 is 3.09 bits per heavy atom. The molecule has 0 aliphatic carbocycles. The summed E-state index contributed by atoms with van der Waals surface area (Å²) >= 11 is 1.66. The summed E-state index contributed by atoms with van der Waals surface area (Å²) in [5.41, 5.74) is 2.75. The quantitative estimate of drug-likeness (QED) is 0.640. The van der Waals surface area contributed by atoms with Gasteiger partial charge in [-0.2, -0.15) is 0 Å². The Balaban J connectivity index is 1.92. The fourth-order valence-electron chi connectivity index (χ4n) is 2.48. The first kappa shape index (κ1) is 14.3. The fourth-order valence-corrected chi connectivity index (χ4v) is 3.35. The molecule has 6 nitrogen and oxygen atoms in total. The topological polar surface area (TPSA) is 51.9 Å². The van der Waals surface area contributed by atoms with Crippen LogP contribution in [-0.4, -0.2) is 46.0 Å². The van der Waals surface area contributed by atoms with Gasteiger partial charge in [-0.05, 0) is 25.2 Å². The number of thioether (sulfide) groups is 1. The van der Waals surface area contributed by atoms with E-state index in [1.807, 2.05) is 41.9 Å². The predicted molar refractivity (Wildman–Crippen MR) is 89.0 cm³/mol. The van der Waals surface area contributed by atoms with Crippen molar-refractivity contribution < 1.29 is 9.47 Å². The number of aromatic nitrogens is 3. The van der Waals surface area contributed by atoms with E-state index in [0.717, 1.165) is 39.4 Å². The van der Waals surface area contributed by atoms with Crippen molar-refractivity contribution >= 4 is 17.4 Å². The number of methoxy groups -OCH3 is 1. The molecular weight excluding hydrogens is 312 g/mol. The first-order valence-electron chi connectivity index (χ1n) is 7.21. The Bertz CT molecular complexity index is 864. The van der Waals surface area contributed by atoms with E-state index >= 15 is 0 Å². The highest BCUT2D eigenvalue weighted by molar-refractivity contribution is 7.99. The van der Waals surface area contributed by atoms with Gasteiger partial charge in [0.05, 0.1) is 18.7 Å². The summed E-state index contributed by atoms with van der Waals surface area (Å²) in [6, 6.07) is 7.85. The standard InChI is InChI=1S/C16H16N4O2S/c1-19-9-22-14-7-11(3-4-13(14)21-2)12-8-15-17-5-6-20(15)16(18-12)23-10-19/h3-8H,9-10H2,1-2H3. The van der Waals surface area contributed by atoms with Crippen LogP contribution in [0.3, 0.4) is 0 Å². The molecule has 1 aliphatic rings. The molecule has 7 heteroatoms. The van der Waals surface area contributed by atoms with Gasteiger partial charge in [-0.15, -0.1) is 0 Å². The van der Waals surface area contributed by atoms with E-state index < -0.39 is 0 Å². The molecule has 0 atom stereocenters. The minimum atomic E-state index is 0.482. The molecule has 0 spiro atoms. The third kappa shape index (κ3) is 2.62. The number of nitrogens with zero attached hydrogens (tertiary/aromatic N) is 4. The van der Waals surface area contributed by atoms with Crippen LogP contribution in [0.5, 0.6) is 11.5 Å². The van der Waals surface area contributed by atoms with Crippen LogP contribution in [0.25, 0.3) is 16.9 Å². The molecule has 118 valence electrons. The molecule has 2 aromatic heterocycles. The zero-order valence-electron chi connectivity index (χ0n) is 12.9. The zero-order chi connectivity index (χ0) is 15.8. The molecule has 3 heterocycles. The Hall–Kier alpha value is -2.25. The summed E-state index contributed by atoms with van der Waals surface area (Å²) in [7, 11) is 3.66. The number of fused-ring (bicyclic) bond motifs is 7. The second-order valence-electron chi connectivity index (χ2n) is 5.35. The molecule has 23 heavy (non-hydrogen) atoms. The van der Waals surface area contributed by atoms with Crippen LogP contribution in [0.4, 0.5) is 0 Å². The summed E-state index contributed by atoms with van der Waals surface area (Å²) in [4.78, 5) is 11.3. The summed E-state index contributed by atoms with van der Waals surface area (Å²) in [5, 5.41) is 0.918. The molecule has 0 radical (unpaired) electrons. The summed E-state index contributed by atoms with van der Waals surface area (Å²) in [5.74, 6) is 2.20. The maximum atomic E-state index is 5.91. The largest absolute Gasteiger partial charge is 0.493 e. The molecule has 0 N–H and O–H groups in total. The van der Waals surface area contributed by atoms with Crippen LogP contribution in [0, 0.1) is 0 Å². The van der Waals surface area contributed by atoms with Gasteiger partial charge >= 0.3 is 0 Å². The molecule has 1 aromatic carbocycles. The number of hydrogen-bond donors (Lipinski definition) is 0. The van der Waals surface area contributed by atoms with Crippen molar-refractivity contribution in [1.82, 2.24) is 19.3 Å². The van der Waals surface area contributed by atoms with Crippen LogP contribution in [-0.2, 0) is 0 Å². The Morgan fingerprint density at radius 1 is 1.30 bits per heavy atom. The van der Waals surface area contributed by atoms with Crippen LogP contribution >= 0.6 is 11.8 Å². The van der Waals surface area contributed by atoms with E-state index in [1.54, 1.807) is 25.1 Å². The lowest BCUT2D eigenvalue weighted by atomic mass is 10.1. The maximum absolute atomic E-state index is 5.91. The second-order valence-corrected chi connectivity index (χ2v) is 6.26. The van der Waals surface area contributed by atoms with Crippen molar-refractivity contribution in [3.05, 3.63) is 36.7 Å². The third-order valence-electron chi connectivity index (χ3n) is 3.67. The minimum Gasteiger partial charge on any atom is -0.493 e. The molecule has 3 aromatic rings. The maximum Gasteiger partial charge on any atom is 0.175 e. The van der Waals surface area contributed by atoms with Gasteiger partial charge in [-0.25, -0.2) is 9.97 Å². The normalized spacial score (nSPS) is 15.0. The van der Waals surface area contributed by atoms with Gasteiger partial charge in [0.1, 0.15) is 12.4 Å². The predicted octanol–water partition coefficient (Wildman–Crippen LogP) is 2.74. The lowest BCUT2D eigenvalue weighted by Crippen LogP contribution is -2.23. The van der Waals surface area contributed by atoms with Gasteiger partial charge in [-0.1, -0.05) is 11.8 Å². The number of ether oxygens (including phenoxy) is 2. The van der Waals surface area contributed by atoms with E-state index in [9.17, 15) is 0 Å². The molecule has 0 unspecified atom stereocenters. The van der Waals surface area contributed by atoms with Gasteiger partial charge in [-0.3, -0.25) is 9.30 Å². The van der Waals surface area contributed by atoms with Crippen LogP contribution in [0.15, 0.2) is 41.8 Å². The van der Waals surface area contributed by atoms with Crippen molar-refractivity contribution in [2.75, 3.05) is 26.8 Å². The third-order valence-corrected chi connectivity index (χ3v) is 4.79. The average Bonchev–Trinajstić information content (AvgIpc) is 3.05. The van der Waals surface area contributed by atoms with Gasteiger partial charge in [0.25, 0.3) is 0 Å². The number of hydrogen-bond acceptors (Lipinski definition) is 6. The van der Waals surface area contributed by atoms with E-state index in [0.29, 0.717) is 6.73 Å². The van der Waals surface area contributed by atoms with Crippen molar-refractivity contribution in [2.45, 2.75) is 5.16 Å². The molecule has 0 saturated carbocycles. The highest BCUT2D eigenvalue weighted by Gasteiger charge is 2.15. The Morgan fingerprint density at radius 2 is 2.22 bits per heavy atom. The molecule has 4 rings (SSSR count). The van der Waals surface area contributed by atoms with Gasteiger partial charge in [0, 0.05) is 24.0 Å². The Labute approximate surface area is 138 Å². The van der Waals surface area contributed by atoms with Gasteiger partial charge in [0.15, 0.2) is 16.7 Å². The fraction of sp³-hybridized carbons (Fsp3) is 0.250. The Kier molecular flexibility index (Phi) is 3.59. The van der Waals surface area contributed by atoms with E-state index in [4.69, 9.17) is 14.5 Å². The molecular formula is C16H16N4O2S. The molecule has 0 fully saturated rings. The highest BCUT2D eigenvalue weighted by atomic mass is 32.2. The number of rotatable bonds is 1. The first-order valence-corrected chi connectivity index (χ1v) is 8.20. The molecule has 0 saturated heterocycles. The highest BCUT2D eigenvalue weighted by Crippen LogP contribution is 2.34. The van der Waals surface area contributed by atoms with Gasteiger partial charge in [0.2, 0.25) is 0 Å². The molecule has 4 bridgehead atoms. The van der Waals surface area contributed by atoms with Crippen molar-refractivity contribution in [2.24, 2.45) is 0 Å². The molecule has 0 amide bonds. The SMILES string of the molecule is COc1ccc2cc1OCN(C)CSc1nc-2cc2nccn12. The van der Waals surface area contributed by atoms with E-state index in [2.05, 4.69) is 9.88 Å². The molecule has 1 aliphatic heterocycles. The first-order chi connectivity index (χ1) is 11.2. The van der Waals surface area contributed by atoms with Gasteiger partial charge < -0.3 is 9.47 Å². The smallest absolute Gasteiger partial charge is 0.175 e. The number of imidazole rings is 1. The minimum absolute atomic E-state index is 0.482. The second kappa shape index (κ2) is 5.75. The lowest BCUT2D eigenvalue weighted by Gasteiger charge is -2.17. The van der Waals surface area contributed by atoms with Crippen LogP contribution in [0.2, 0.25) is 0 Å². The van der Waals surface area contributed by atoms with Crippen LogP contribution in [0.1, 0.15) is 0 Å². The average molecular weight is 328 g/mol. The van der Waals surface area contributed by atoms with E-state index in [-0.39, 0.29) is 0 Å². The summed E-state index contributed by atoms with van der Waals surface area (Å²) in [6.45, 7) is 0.482. The lowest BCUT2D eigenvalue weighted by molar-refractivity contribution is 0.168. The summed E-state index contributed by atoms with van der Waals surface area (Å²) < 4.78 is 13.3. The van der Waals surface area contributed by atoms with Crippen molar-refractivity contribution in [3.63, 3.8) is 0 Å². The van der Waals surface area contributed by atoms with Crippen molar-refractivity contribution in [3.8, 4) is 22.8 Å².